The maximum Gasteiger partial charge on any atom is 0.232 e. The molecular weight excluding hydrogens is 230 g/mol. The molecule has 3 nitrogen and oxygen atoms in total. The number of nitrogens with two attached hydrogens (primary N) is 1. The molecule has 17 heavy (non-hydrogen) atoms. The van der Waals surface area contributed by atoms with E-state index < -0.39 is 0 Å². The van der Waals surface area contributed by atoms with Crippen molar-refractivity contribution in [3.8, 4) is 0 Å². The molecule has 1 heterocycles. The van der Waals surface area contributed by atoms with Crippen molar-refractivity contribution in [1.29, 1.82) is 0 Å². The first-order chi connectivity index (χ1) is 8.22. The lowest BCUT2D eigenvalue weighted by molar-refractivity contribution is 0.495. The zero-order valence-corrected chi connectivity index (χ0v) is 10.9. The van der Waals surface area contributed by atoms with Crippen molar-refractivity contribution in [3.63, 3.8) is 0 Å². The lowest BCUT2D eigenvalue weighted by Gasteiger charge is -2.20. The van der Waals surface area contributed by atoms with Gasteiger partial charge in [-0.15, -0.1) is 0 Å². The number of rotatable bonds is 4. The van der Waals surface area contributed by atoms with Crippen molar-refractivity contribution in [2.75, 3.05) is 5.73 Å². The van der Waals surface area contributed by atoms with Crippen molar-refractivity contribution in [1.82, 2.24) is 9.36 Å². The van der Waals surface area contributed by atoms with Crippen LogP contribution in [0.3, 0.4) is 0 Å². The fourth-order valence-corrected chi connectivity index (χ4v) is 2.83. The average molecular weight is 247 g/mol. The average Bonchev–Trinajstić information content (AvgIpc) is 2.77. The molecule has 0 saturated carbocycles. The molecule has 0 fully saturated rings. The predicted octanol–water partition coefficient (Wildman–Crippen LogP) is 3.30. The van der Waals surface area contributed by atoms with Crippen LogP contribution in [0.1, 0.15) is 36.8 Å². The second-order valence-corrected chi connectivity index (χ2v) is 5.05. The van der Waals surface area contributed by atoms with Gasteiger partial charge in [0.25, 0.3) is 0 Å². The molecule has 2 N–H and O–H groups in total. The number of benzene rings is 1. The maximum atomic E-state index is 5.62. The van der Waals surface area contributed by atoms with Gasteiger partial charge in [-0.2, -0.15) is 4.37 Å². The highest BCUT2D eigenvalue weighted by Crippen LogP contribution is 2.34. The molecule has 90 valence electrons. The summed E-state index contributed by atoms with van der Waals surface area (Å²) in [5, 5.41) is 1.02. The SMILES string of the molecule is CCC(C)C(c1ccccc1)c1nc(N)ns1. The van der Waals surface area contributed by atoms with Crippen LogP contribution in [0.25, 0.3) is 0 Å². The summed E-state index contributed by atoms with van der Waals surface area (Å²) in [6.07, 6.45) is 1.11. The first kappa shape index (κ1) is 12.0. The van der Waals surface area contributed by atoms with Gasteiger partial charge in [-0.05, 0) is 23.0 Å². The van der Waals surface area contributed by atoms with Gasteiger partial charge >= 0.3 is 0 Å². The summed E-state index contributed by atoms with van der Waals surface area (Å²) in [5.41, 5.74) is 6.91. The summed E-state index contributed by atoms with van der Waals surface area (Å²) in [4.78, 5) is 4.34. The Morgan fingerprint density at radius 1 is 1.29 bits per heavy atom. The van der Waals surface area contributed by atoms with Crippen molar-refractivity contribution in [2.45, 2.75) is 26.2 Å². The molecule has 0 radical (unpaired) electrons. The van der Waals surface area contributed by atoms with Gasteiger partial charge in [0.1, 0.15) is 5.01 Å². The van der Waals surface area contributed by atoms with E-state index in [-0.39, 0.29) is 0 Å². The van der Waals surface area contributed by atoms with Gasteiger partial charge in [0, 0.05) is 5.92 Å². The van der Waals surface area contributed by atoms with Crippen LogP contribution >= 0.6 is 11.5 Å². The Bertz CT molecular complexity index is 467. The van der Waals surface area contributed by atoms with E-state index in [0.717, 1.165) is 11.4 Å². The normalized spacial score (nSPS) is 14.5. The molecule has 0 saturated heterocycles. The van der Waals surface area contributed by atoms with E-state index in [9.17, 15) is 0 Å². The summed E-state index contributed by atoms with van der Waals surface area (Å²) in [7, 11) is 0. The predicted molar refractivity (Wildman–Crippen MR) is 72.1 cm³/mol. The van der Waals surface area contributed by atoms with E-state index in [0.29, 0.717) is 17.8 Å². The van der Waals surface area contributed by atoms with Crippen LogP contribution in [0.4, 0.5) is 5.95 Å². The smallest absolute Gasteiger partial charge is 0.232 e. The van der Waals surface area contributed by atoms with Crippen molar-refractivity contribution >= 4 is 17.5 Å². The molecule has 2 rings (SSSR count). The highest BCUT2D eigenvalue weighted by Gasteiger charge is 2.23. The molecule has 2 atom stereocenters. The number of hydrogen-bond donors (Lipinski definition) is 1. The Morgan fingerprint density at radius 2 is 2.00 bits per heavy atom. The van der Waals surface area contributed by atoms with Crippen LogP contribution in [-0.2, 0) is 0 Å². The molecule has 2 unspecified atom stereocenters. The second kappa shape index (κ2) is 5.27. The number of nitrogens with zero attached hydrogens (tertiary/aromatic N) is 2. The third-order valence-electron chi connectivity index (χ3n) is 3.10. The van der Waals surface area contributed by atoms with Gasteiger partial charge in [0.05, 0.1) is 0 Å². The highest BCUT2D eigenvalue weighted by molar-refractivity contribution is 7.05. The zero-order chi connectivity index (χ0) is 12.3. The molecule has 0 aliphatic carbocycles. The summed E-state index contributed by atoms with van der Waals surface area (Å²) >= 11 is 1.41. The first-order valence-electron chi connectivity index (χ1n) is 5.86. The fourth-order valence-electron chi connectivity index (χ4n) is 1.98. The van der Waals surface area contributed by atoms with Crippen LogP contribution in [0, 0.1) is 5.92 Å². The van der Waals surface area contributed by atoms with Gasteiger partial charge in [0.2, 0.25) is 5.95 Å². The molecule has 2 aromatic rings. The van der Waals surface area contributed by atoms with E-state index in [1.165, 1.54) is 17.1 Å². The van der Waals surface area contributed by atoms with Crippen molar-refractivity contribution in [3.05, 3.63) is 40.9 Å². The van der Waals surface area contributed by atoms with E-state index >= 15 is 0 Å². The van der Waals surface area contributed by atoms with Gasteiger partial charge in [0.15, 0.2) is 0 Å². The Hall–Kier alpha value is -1.42. The van der Waals surface area contributed by atoms with E-state index in [4.69, 9.17) is 5.73 Å². The standard InChI is InChI=1S/C13H17N3S/c1-3-9(2)11(10-7-5-4-6-8-10)12-15-13(14)16-17-12/h4-9,11H,3H2,1-2H3,(H2,14,16). The van der Waals surface area contributed by atoms with Crippen LogP contribution in [0.2, 0.25) is 0 Å². The molecule has 4 heteroatoms. The minimum atomic E-state index is 0.302. The highest BCUT2D eigenvalue weighted by atomic mass is 32.1. The monoisotopic (exact) mass is 247 g/mol. The Morgan fingerprint density at radius 3 is 2.53 bits per heavy atom. The Balaban J connectivity index is 2.39. The van der Waals surface area contributed by atoms with E-state index in [1.54, 1.807) is 0 Å². The topological polar surface area (TPSA) is 51.8 Å². The van der Waals surface area contributed by atoms with E-state index in [1.807, 2.05) is 6.07 Å². The molecule has 0 bridgehead atoms. The van der Waals surface area contributed by atoms with Gasteiger partial charge < -0.3 is 5.73 Å². The molecule has 1 aromatic carbocycles. The van der Waals surface area contributed by atoms with Crippen LogP contribution < -0.4 is 5.73 Å². The zero-order valence-electron chi connectivity index (χ0n) is 10.1. The van der Waals surface area contributed by atoms with E-state index in [2.05, 4.69) is 47.5 Å². The van der Waals surface area contributed by atoms with Gasteiger partial charge in [-0.25, -0.2) is 4.98 Å². The number of nitrogen functional groups attached to an aromatic ring is 1. The molecule has 1 aromatic heterocycles. The van der Waals surface area contributed by atoms with Crippen molar-refractivity contribution < 1.29 is 0 Å². The molecule has 0 amide bonds. The largest absolute Gasteiger partial charge is 0.367 e. The molecule has 0 aliphatic rings. The fraction of sp³-hybridized carbons (Fsp3) is 0.385. The molecule has 0 aliphatic heterocycles. The third-order valence-corrected chi connectivity index (χ3v) is 3.91. The second-order valence-electron chi connectivity index (χ2n) is 4.26. The third kappa shape index (κ3) is 2.64. The number of aromatic nitrogens is 2. The van der Waals surface area contributed by atoms with Crippen molar-refractivity contribution in [2.24, 2.45) is 5.92 Å². The Kier molecular flexibility index (Phi) is 3.74. The van der Waals surface area contributed by atoms with Gasteiger partial charge in [-0.3, -0.25) is 0 Å². The Labute approximate surface area is 106 Å². The minimum absolute atomic E-state index is 0.302. The van der Waals surface area contributed by atoms with Gasteiger partial charge in [-0.1, -0.05) is 50.6 Å². The van der Waals surface area contributed by atoms with Crippen LogP contribution in [0.5, 0.6) is 0 Å². The summed E-state index contributed by atoms with van der Waals surface area (Å²) in [5.74, 6) is 1.22. The van der Waals surface area contributed by atoms with Crippen LogP contribution in [-0.4, -0.2) is 9.36 Å². The molecule has 0 spiro atoms. The lowest BCUT2D eigenvalue weighted by atomic mass is 9.86. The summed E-state index contributed by atoms with van der Waals surface area (Å²) in [6, 6.07) is 10.5. The maximum absolute atomic E-state index is 5.62. The number of anilines is 1. The lowest BCUT2D eigenvalue weighted by Crippen LogP contribution is -2.10. The summed E-state index contributed by atoms with van der Waals surface area (Å²) < 4.78 is 4.09. The quantitative estimate of drug-likeness (QED) is 0.902. The number of hydrogen-bond acceptors (Lipinski definition) is 4. The van der Waals surface area contributed by atoms with Crippen LogP contribution in [0.15, 0.2) is 30.3 Å². The first-order valence-corrected chi connectivity index (χ1v) is 6.63. The molecular formula is C13H17N3S. The summed E-state index contributed by atoms with van der Waals surface area (Å²) in [6.45, 7) is 4.44. The minimum Gasteiger partial charge on any atom is -0.367 e.